The average molecular weight is 874 g/mol. The smallest absolute Gasteiger partial charge is 0.231 e. The molecule has 0 saturated heterocycles. The van der Waals surface area contributed by atoms with Crippen LogP contribution in [0.25, 0.3) is 53.3 Å². The summed E-state index contributed by atoms with van der Waals surface area (Å²) in [7, 11) is 0. The van der Waals surface area contributed by atoms with Gasteiger partial charge in [0.05, 0.1) is 31.6 Å². The molecule has 0 saturated carbocycles. The summed E-state index contributed by atoms with van der Waals surface area (Å²) in [6.07, 6.45) is 4.11. The van der Waals surface area contributed by atoms with Gasteiger partial charge in [-0.2, -0.15) is 0 Å². The molecular formula is C52H55N7O2S2. The number of benzene rings is 4. The summed E-state index contributed by atoms with van der Waals surface area (Å²) in [6, 6.07) is 28.9. The van der Waals surface area contributed by atoms with Gasteiger partial charge in [0.2, 0.25) is 11.8 Å². The predicted octanol–water partition coefficient (Wildman–Crippen LogP) is 13.6. The van der Waals surface area contributed by atoms with Crippen molar-refractivity contribution in [3.63, 3.8) is 0 Å². The van der Waals surface area contributed by atoms with Gasteiger partial charge in [-0.25, -0.2) is 20.0 Å². The van der Waals surface area contributed by atoms with E-state index < -0.39 is 5.41 Å². The SMILES string of the molecule is CCCCC(CC)C(=O)NC1=N/C(=N\c2[nH]c(NC(=O)C(C)(C)CC)c(-c3nc4ccccc4s3)c2-c2ccc(C)cc2C)C(c2ccc(C)cc2C)=C1c1nc2ccccc2s1. The minimum absolute atomic E-state index is 0.0676. The highest BCUT2D eigenvalue weighted by molar-refractivity contribution is 7.21. The van der Waals surface area contributed by atoms with Crippen molar-refractivity contribution >= 4 is 89.4 Å². The summed E-state index contributed by atoms with van der Waals surface area (Å²) in [5, 5.41) is 8.10. The zero-order valence-electron chi connectivity index (χ0n) is 37.6. The molecule has 1 aliphatic heterocycles. The molecule has 1 aliphatic rings. The molecule has 11 heteroatoms. The molecule has 4 aromatic carbocycles. The molecule has 4 heterocycles. The van der Waals surface area contributed by atoms with Crippen molar-refractivity contribution in [2.75, 3.05) is 5.32 Å². The molecule has 322 valence electrons. The van der Waals surface area contributed by atoms with E-state index in [9.17, 15) is 9.59 Å². The Hall–Kier alpha value is -6.04. The lowest BCUT2D eigenvalue weighted by Crippen LogP contribution is -2.35. The monoisotopic (exact) mass is 873 g/mol. The predicted molar refractivity (Wildman–Crippen MR) is 265 cm³/mol. The zero-order valence-corrected chi connectivity index (χ0v) is 39.3. The molecule has 2 amide bonds. The van der Waals surface area contributed by atoms with Crippen LogP contribution in [0, 0.1) is 39.0 Å². The van der Waals surface area contributed by atoms with Crippen LogP contribution in [0.4, 0.5) is 11.6 Å². The number of aliphatic imine (C=N–C) groups is 2. The third-order valence-corrected chi connectivity index (χ3v) is 14.3. The second kappa shape index (κ2) is 18.0. The maximum absolute atomic E-state index is 14.3. The van der Waals surface area contributed by atoms with Crippen LogP contribution in [-0.4, -0.2) is 38.4 Å². The van der Waals surface area contributed by atoms with E-state index in [4.69, 9.17) is 20.0 Å². The summed E-state index contributed by atoms with van der Waals surface area (Å²) >= 11 is 3.15. The van der Waals surface area contributed by atoms with Crippen molar-refractivity contribution in [2.45, 2.75) is 94.4 Å². The number of aromatic nitrogens is 3. The number of thiazole rings is 2. The summed E-state index contributed by atoms with van der Waals surface area (Å²) < 4.78 is 2.06. The first-order valence-corrected chi connectivity index (χ1v) is 23.6. The number of unbranched alkanes of at least 4 members (excludes halogenated alkanes) is 1. The molecule has 7 aromatic rings. The highest BCUT2D eigenvalue weighted by Gasteiger charge is 2.35. The van der Waals surface area contributed by atoms with Gasteiger partial charge in [-0.3, -0.25) is 9.59 Å². The van der Waals surface area contributed by atoms with Gasteiger partial charge < -0.3 is 15.6 Å². The molecule has 0 radical (unpaired) electrons. The number of aryl methyl sites for hydroxylation is 4. The number of carbonyl (C=O) groups is 2. The van der Waals surface area contributed by atoms with Gasteiger partial charge in [-0.1, -0.05) is 119 Å². The lowest BCUT2D eigenvalue weighted by Gasteiger charge is -2.21. The Morgan fingerprint density at radius 2 is 1.35 bits per heavy atom. The van der Waals surface area contributed by atoms with Crippen molar-refractivity contribution in [2.24, 2.45) is 21.3 Å². The van der Waals surface area contributed by atoms with Gasteiger partial charge >= 0.3 is 0 Å². The van der Waals surface area contributed by atoms with Crippen molar-refractivity contribution in [1.82, 2.24) is 20.3 Å². The molecule has 0 fully saturated rings. The van der Waals surface area contributed by atoms with Crippen molar-refractivity contribution < 1.29 is 9.59 Å². The van der Waals surface area contributed by atoms with E-state index in [1.165, 1.54) is 0 Å². The molecule has 0 aliphatic carbocycles. The fourth-order valence-electron chi connectivity index (χ4n) is 8.11. The average Bonchev–Trinajstić information content (AvgIpc) is 4.04. The fraction of sp³-hybridized carbons (Fsp3) is 0.308. The number of H-pyrrole nitrogens is 1. The molecule has 8 rings (SSSR count). The quantitative estimate of drug-likeness (QED) is 0.107. The van der Waals surface area contributed by atoms with Gasteiger partial charge in [-0.15, -0.1) is 22.7 Å². The number of carbonyl (C=O) groups excluding carboxylic acids is 2. The number of fused-ring (bicyclic) bond motifs is 2. The van der Waals surface area contributed by atoms with Crippen molar-refractivity contribution in [1.29, 1.82) is 0 Å². The Labute approximate surface area is 377 Å². The first-order chi connectivity index (χ1) is 30.3. The number of amides is 2. The Kier molecular flexibility index (Phi) is 12.4. The van der Waals surface area contributed by atoms with Crippen LogP contribution in [0.1, 0.15) is 99.5 Å². The summed E-state index contributed by atoms with van der Waals surface area (Å²) in [5.74, 6) is 1.50. The molecule has 3 aromatic heterocycles. The molecule has 63 heavy (non-hydrogen) atoms. The second-order valence-corrected chi connectivity index (χ2v) is 19.3. The molecule has 9 nitrogen and oxygen atoms in total. The van der Waals surface area contributed by atoms with Crippen molar-refractivity contribution in [3.05, 3.63) is 118 Å². The number of rotatable bonds is 13. The second-order valence-electron chi connectivity index (χ2n) is 17.3. The maximum Gasteiger partial charge on any atom is 0.231 e. The van der Waals surface area contributed by atoms with Crippen LogP contribution < -0.4 is 10.6 Å². The molecule has 3 N–H and O–H groups in total. The topological polar surface area (TPSA) is 124 Å². The third-order valence-electron chi connectivity index (χ3n) is 12.2. The molecule has 1 unspecified atom stereocenters. The third kappa shape index (κ3) is 8.69. The van der Waals surface area contributed by atoms with Crippen molar-refractivity contribution in [3.8, 4) is 21.7 Å². The number of nitrogens with one attached hydrogen (secondary N) is 3. The highest BCUT2D eigenvalue weighted by Crippen LogP contribution is 2.49. The molecule has 1 atom stereocenters. The number of amidine groups is 2. The Bertz CT molecular complexity index is 2930. The fourth-order valence-corrected chi connectivity index (χ4v) is 10.1. The van der Waals surface area contributed by atoms with Gasteiger partial charge in [0.1, 0.15) is 27.5 Å². The lowest BCUT2D eigenvalue weighted by atomic mass is 9.89. The standard InChI is InChI=1S/C52H55N7O2S2/c1-10-13-18-33(11-2)48(60)58-46-42(49-53-36-19-14-16-21-38(36)62-49)40(34-25-23-29(4)27-31(34)6)44(56-46)55-45-41(35-26-24-30(5)28-32(35)7)43(47(57-45)59-51(61)52(8,9)12-3)50-54-37-20-15-17-22-39(37)63-50/h14-17,19-28,33,57H,10-13,18H2,1-9H3,(H,59,61)(H,55,56,58,60). The van der Waals surface area contributed by atoms with Crippen LogP contribution in [0.2, 0.25) is 0 Å². The molecule has 0 bridgehead atoms. The largest absolute Gasteiger partial charge is 0.325 e. The van der Waals surface area contributed by atoms with E-state index >= 15 is 0 Å². The zero-order chi connectivity index (χ0) is 44.6. The number of hydrogen-bond donors (Lipinski definition) is 3. The number of nitrogens with zero attached hydrogens (tertiary/aromatic N) is 4. The van der Waals surface area contributed by atoms with E-state index in [1.807, 2.05) is 57.2 Å². The van der Waals surface area contributed by atoms with Gasteiger partial charge in [0, 0.05) is 22.5 Å². The number of para-hydroxylation sites is 2. The Morgan fingerprint density at radius 3 is 1.94 bits per heavy atom. The molecule has 0 spiro atoms. The van der Waals surface area contributed by atoms with Crippen LogP contribution in [0.5, 0.6) is 0 Å². The van der Waals surface area contributed by atoms with Crippen LogP contribution >= 0.6 is 22.7 Å². The van der Waals surface area contributed by atoms with E-state index in [-0.39, 0.29) is 17.7 Å². The van der Waals surface area contributed by atoms with Gasteiger partial charge in [-0.05, 0) is 93.5 Å². The first-order valence-electron chi connectivity index (χ1n) is 22.0. The maximum atomic E-state index is 14.3. The lowest BCUT2D eigenvalue weighted by molar-refractivity contribution is -0.124. The van der Waals surface area contributed by atoms with E-state index in [2.05, 4.69) is 106 Å². The van der Waals surface area contributed by atoms with E-state index in [1.54, 1.807) is 22.7 Å². The Balaban J connectivity index is 1.45. The van der Waals surface area contributed by atoms with Gasteiger partial charge in [0.25, 0.3) is 0 Å². The van der Waals surface area contributed by atoms with E-state index in [0.717, 1.165) is 105 Å². The highest BCUT2D eigenvalue weighted by atomic mass is 32.1. The Morgan fingerprint density at radius 1 is 0.746 bits per heavy atom. The van der Waals surface area contributed by atoms with E-state index in [0.29, 0.717) is 36.1 Å². The van der Waals surface area contributed by atoms with Gasteiger partial charge in [0.15, 0.2) is 5.84 Å². The normalized spacial score (nSPS) is 14.2. The number of anilines is 1. The minimum Gasteiger partial charge on any atom is -0.325 e. The summed E-state index contributed by atoms with van der Waals surface area (Å²) in [6.45, 7) is 18.5. The minimum atomic E-state index is -0.649. The number of hydrogen-bond acceptors (Lipinski definition) is 7. The van der Waals surface area contributed by atoms with Crippen LogP contribution in [0.15, 0.2) is 94.9 Å². The van der Waals surface area contributed by atoms with Crippen LogP contribution in [-0.2, 0) is 9.59 Å². The molecular weight excluding hydrogens is 819 g/mol. The van der Waals surface area contributed by atoms with Crippen LogP contribution in [0.3, 0.4) is 0 Å². The summed E-state index contributed by atoms with van der Waals surface area (Å²) in [5.41, 5.74) is 10.4. The first kappa shape index (κ1) is 43.6. The summed E-state index contributed by atoms with van der Waals surface area (Å²) in [4.78, 5) is 53.2. The number of aromatic amines is 1.